The number of tetrazole rings is 1. The maximum absolute atomic E-state index is 14.5. The fourth-order valence-electron chi connectivity index (χ4n) is 3.25. The zero-order chi connectivity index (χ0) is 16.4. The van der Waals surface area contributed by atoms with Crippen LogP contribution in [0.1, 0.15) is 24.3 Å². The number of hydrogen-bond acceptors (Lipinski definition) is 4. The molecule has 6 heteroatoms. The number of benzene rings is 2. The van der Waals surface area contributed by atoms with Crippen LogP contribution in [0.3, 0.4) is 0 Å². The Labute approximate surface area is 139 Å². The highest BCUT2D eigenvalue weighted by atomic mass is 19.1. The summed E-state index contributed by atoms with van der Waals surface area (Å²) in [5.74, 6) is 0.324. The molecule has 1 aliphatic heterocycles. The van der Waals surface area contributed by atoms with E-state index in [0.717, 1.165) is 31.5 Å². The van der Waals surface area contributed by atoms with Crippen LogP contribution in [0.25, 0.3) is 16.8 Å². The molecule has 122 valence electrons. The fourth-order valence-corrected chi connectivity index (χ4v) is 3.25. The SMILES string of the molecule is Fc1cc(-n2cnnn2)ccc1-c1ccc(C2CCNCC2)cc1. The van der Waals surface area contributed by atoms with Crippen molar-refractivity contribution >= 4 is 0 Å². The van der Waals surface area contributed by atoms with E-state index in [1.165, 1.54) is 22.6 Å². The largest absolute Gasteiger partial charge is 0.317 e. The fraction of sp³-hybridized carbons (Fsp3) is 0.278. The molecule has 2 heterocycles. The van der Waals surface area contributed by atoms with Crippen molar-refractivity contribution in [3.05, 3.63) is 60.2 Å². The van der Waals surface area contributed by atoms with Gasteiger partial charge in [0.25, 0.3) is 0 Å². The van der Waals surface area contributed by atoms with E-state index in [1.54, 1.807) is 6.07 Å². The van der Waals surface area contributed by atoms with Crippen molar-refractivity contribution in [1.82, 2.24) is 25.5 Å². The van der Waals surface area contributed by atoms with Crippen molar-refractivity contribution in [2.24, 2.45) is 0 Å². The van der Waals surface area contributed by atoms with E-state index < -0.39 is 0 Å². The molecule has 1 aromatic heterocycles. The van der Waals surface area contributed by atoms with Crippen molar-refractivity contribution in [2.45, 2.75) is 18.8 Å². The molecule has 24 heavy (non-hydrogen) atoms. The van der Waals surface area contributed by atoms with Crippen molar-refractivity contribution in [3.8, 4) is 16.8 Å². The maximum atomic E-state index is 14.5. The molecule has 1 aliphatic rings. The molecule has 3 aromatic rings. The number of rotatable bonds is 3. The van der Waals surface area contributed by atoms with Gasteiger partial charge in [-0.25, -0.2) is 9.07 Å². The van der Waals surface area contributed by atoms with Gasteiger partial charge in [-0.1, -0.05) is 24.3 Å². The number of piperidine rings is 1. The monoisotopic (exact) mass is 323 g/mol. The third kappa shape index (κ3) is 2.92. The molecule has 0 unspecified atom stereocenters. The van der Waals surface area contributed by atoms with E-state index in [2.05, 4.69) is 33.0 Å². The molecule has 2 aromatic carbocycles. The van der Waals surface area contributed by atoms with Gasteiger partial charge in [-0.15, -0.1) is 5.10 Å². The lowest BCUT2D eigenvalue weighted by Gasteiger charge is -2.23. The van der Waals surface area contributed by atoms with Crippen LogP contribution in [0.2, 0.25) is 0 Å². The van der Waals surface area contributed by atoms with Gasteiger partial charge in [0.1, 0.15) is 12.1 Å². The molecule has 0 saturated carbocycles. The zero-order valence-corrected chi connectivity index (χ0v) is 13.2. The molecule has 0 amide bonds. The number of hydrogen-bond donors (Lipinski definition) is 1. The van der Waals surface area contributed by atoms with E-state index in [9.17, 15) is 4.39 Å². The van der Waals surface area contributed by atoms with E-state index in [4.69, 9.17) is 0 Å². The summed E-state index contributed by atoms with van der Waals surface area (Å²) in [6.07, 6.45) is 3.77. The molecule has 4 rings (SSSR count). The second kappa shape index (κ2) is 6.49. The van der Waals surface area contributed by atoms with Crippen LogP contribution in [0.15, 0.2) is 48.8 Å². The van der Waals surface area contributed by atoms with Gasteiger partial charge in [0, 0.05) is 11.6 Å². The lowest BCUT2D eigenvalue weighted by Crippen LogP contribution is -2.26. The number of aromatic nitrogens is 4. The summed E-state index contributed by atoms with van der Waals surface area (Å²) in [6.45, 7) is 2.14. The quantitative estimate of drug-likeness (QED) is 0.805. The Kier molecular flexibility index (Phi) is 4.04. The topological polar surface area (TPSA) is 55.6 Å². The molecule has 0 atom stereocenters. The summed E-state index contributed by atoms with van der Waals surface area (Å²) in [6, 6.07) is 13.3. The van der Waals surface area contributed by atoms with Crippen molar-refractivity contribution in [2.75, 3.05) is 13.1 Å². The van der Waals surface area contributed by atoms with Gasteiger partial charge in [0.2, 0.25) is 0 Å². The molecule has 5 nitrogen and oxygen atoms in total. The third-order valence-electron chi connectivity index (χ3n) is 4.60. The Balaban J connectivity index is 1.59. The Morgan fingerprint density at radius 3 is 2.50 bits per heavy atom. The Morgan fingerprint density at radius 1 is 1.04 bits per heavy atom. The van der Waals surface area contributed by atoms with Crippen molar-refractivity contribution < 1.29 is 4.39 Å². The summed E-state index contributed by atoms with van der Waals surface area (Å²) in [5, 5.41) is 14.3. The second-order valence-corrected chi connectivity index (χ2v) is 6.06. The molecule has 0 aliphatic carbocycles. The summed E-state index contributed by atoms with van der Waals surface area (Å²) in [4.78, 5) is 0. The minimum atomic E-state index is -0.280. The highest BCUT2D eigenvalue weighted by Gasteiger charge is 2.15. The van der Waals surface area contributed by atoms with E-state index >= 15 is 0 Å². The molecule has 1 saturated heterocycles. The number of nitrogens with zero attached hydrogens (tertiary/aromatic N) is 4. The molecule has 0 spiro atoms. The van der Waals surface area contributed by atoms with Crippen LogP contribution in [0, 0.1) is 5.82 Å². The first-order valence-corrected chi connectivity index (χ1v) is 8.15. The van der Waals surface area contributed by atoms with Gasteiger partial charge in [0.15, 0.2) is 0 Å². The van der Waals surface area contributed by atoms with Gasteiger partial charge in [-0.05, 0) is 65.5 Å². The van der Waals surface area contributed by atoms with Gasteiger partial charge < -0.3 is 5.32 Å². The average molecular weight is 323 g/mol. The first-order valence-electron chi connectivity index (χ1n) is 8.15. The maximum Gasteiger partial charge on any atom is 0.143 e. The Hall–Kier alpha value is -2.60. The highest BCUT2D eigenvalue weighted by molar-refractivity contribution is 5.65. The first-order chi connectivity index (χ1) is 11.8. The van der Waals surface area contributed by atoms with E-state index in [0.29, 0.717) is 17.2 Å². The van der Waals surface area contributed by atoms with Crippen LogP contribution in [-0.4, -0.2) is 33.3 Å². The third-order valence-corrected chi connectivity index (χ3v) is 4.60. The van der Waals surface area contributed by atoms with Crippen LogP contribution in [0.4, 0.5) is 4.39 Å². The molecule has 0 radical (unpaired) electrons. The normalized spacial score (nSPS) is 15.5. The van der Waals surface area contributed by atoms with Crippen LogP contribution >= 0.6 is 0 Å². The Bertz CT molecular complexity index is 808. The molecule has 1 N–H and O–H groups in total. The molecule has 0 bridgehead atoms. The van der Waals surface area contributed by atoms with Crippen molar-refractivity contribution in [3.63, 3.8) is 0 Å². The zero-order valence-electron chi connectivity index (χ0n) is 13.2. The molecular weight excluding hydrogens is 305 g/mol. The van der Waals surface area contributed by atoms with E-state index in [-0.39, 0.29) is 5.82 Å². The predicted octanol–water partition coefficient (Wildman–Crippen LogP) is 2.94. The second-order valence-electron chi connectivity index (χ2n) is 6.06. The number of nitrogens with one attached hydrogen (secondary N) is 1. The van der Waals surface area contributed by atoms with Crippen molar-refractivity contribution in [1.29, 1.82) is 0 Å². The van der Waals surface area contributed by atoms with Crippen LogP contribution < -0.4 is 5.32 Å². The summed E-state index contributed by atoms with van der Waals surface area (Å²) in [5.41, 5.74) is 3.41. The van der Waals surface area contributed by atoms with Gasteiger partial charge in [-0.2, -0.15) is 0 Å². The highest BCUT2D eigenvalue weighted by Crippen LogP contribution is 2.29. The standard InChI is InChI=1S/C18H18FN5/c19-18-11-16(24-12-21-22-23-24)5-6-17(18)15-3-1-13(2-4-15)14-7-9-20-10-8-14/h1-6,11-12,14,20H,7-10H2. The van der Waals surface area contributed by atoms with Crippen LogP contribution in [-0.2, 0) is 0 Å². The lowest BCUT2D eigenvalue weighted by atomic mass is 9.89. The van der Waals surface area contributed by atoms with Gasteiger partial charge in [-0.3, -0.25) is 0 Å². The first kappa shape index (κ1) is 15.0. The summed E-state index contributed by atoms with van der Waals surface area (Å²) in [7, 11) is 0. The number of halogens is 1. The molecule has 1 fully saturated rings. The van der Waals surface area contributed by atoms with Gasteiger partial charge >= 0.3 is 0 Å². The average Bonchev–Trinajstić information content (AvgIpc) is 3.17. The lowest BCUT2D eigenvalue weighted by molar-refractivity contribution is 0.460. The smallest absolute Gasteiger partial charge is 0.143 e. The summed E-state index contributed by atoms with van der Waals surface area (Å²) >= 11 is 0. The predicted molar refractivity (Wildman–Crippen MR) is 89.4 cm³/mol. The minimum absolute atomic E-state index is 0.280. The minimum Gasteiger partial charge on any atom is -0.317 e. The molecular formula is C18H18FN5. The van der Waals surface area contributed by atoms with E-state index in [1.807, 2.05) is 18.2 Å². The Morgan fingerprint density at radius 2 is 1.83 bits per heavy atom. The summed E-state index contributed by atoms with van der Waals surface area (Å²) < 4.78 is 15.9. The van der Waals surface area contributed by atoms with Gasteiger partial charge in [0.05, 0.1) is 5.69 Å². The van der Waals surface area contributed by atoms with Crippen LogP contribution in [0.5, 0.6) is 0 Å².